The van der Waals surface area contributed by atoms with Crippen LogP contribution in [0.25, 0.3) is 0 Å². The van der Waals surface area contributed by atoms with Gasteiger partial charge in [0, 0.05) is 0 Å². The lowest BCUT2D eigenvalue weighted by molar-refractivity contribution is -0.119. The third kappa shape index (κ3) is 5.69. The Labute approximate surface area is 193 Å². The van der Waals surface area contributed by atoms with E-state index in [9.17, 15) is 13.2 Å². The first kappa shape index (κ1) is 23.8. The van der Waals surface area contributed by atoms with Gasteiger partial charge < -0.3 is 9.47 Å². The van der Waals surface area contributed by atoms with Crippen molar-refractivity contribution in [3.8, 4) is 11.5 Å². The Hall–Kier alpha value is -3.85. The molecular weight excluding hydrogens is 442 g/mol. The van der Waals surface area contributed by atoms with Crippen molar-refractivity contribution in [2.24, 2.45) is 5.10 Å². The maximum absolute atomic E-state index is 13.5. The summed E-state index contributed by atoms with van der Waals surface area (Å²) < 4.78 is 38.5. The molecule has 33 heavy (non-hydrogen) atoms. The van der Waals surface area contributed by atoms with Crippen molar-refractivity contribution in [1.29, 1.82) is 0 Å². The van der Waals surface area contributed by atoms with Gasteiger partial charge in [-0.05, 0) is 48.9 Å². The molecule has 9 heteroatoms. The van der Waals surface area contributed by atoms with Gasteiger partial charge in [0.05, 0.1) is 30.5 Å². The molecule has 0 aromatic heterocycles. The number of anilines is 1. The Balaban J connectivity index is 1.93. The van der Waals surface area contributed by atoms with Crippen LogP contribution < -0.4 is 19.2 Å². The number of carbonyl (C=O) groups is 1. The number of hydrogen-bond donors (Lipinski definition) is 1. The molecule has 0 radical (unpaired) electrons. The van der Waals surface area contributed by atoms with Gasteiger partial charge in [-0.15, -0.1) is 0 Å². The van der Waals surface area contributed by atoms with Crippen molar-refractivity contribution in [1.82, 2.24) is 5.43 Å². The van der Waals surface area contributed by atoms with Crippen molar-refractivity contribution in [3.63, 3.8) is 0 Å². The molecule has 3 rings (SSSR count). The van der Waals surface area contributed by atoms with E-state index in [1.807, 2.05) is 30.3 Å². The molecule has 0 aliphatic carbocycles. The molecule has 0 aliphatic rings. The smallest absolute Gasteiger partial charge is 0.264 e. The summed E-state index contributed by atoms with van der Waals surface area (Å²) in [5.41, 5.74) is 4.10. The predicted octanol–water partition coefficient (Wildman–Crippen LogP) is 3.44. The van der Waals surface area contributed by atoms with Crippen molar-refractivity contribution in [3.05, 3.63) is 84.4 Å². The van der Waals surface area contributed by atoms with Crippen LogP contribution in [-0.2, 0) is 14.8 Å². The first-order valence-electron chi connectivity index (χ1n) is 10.0. The molecule has 0 bridgehead atoms. The van der Waals surface area contributed by atoms with E-state index >= 15 is 0 Å². The monoisotopic (exact) mass is 467 g/mol. The van der Waals surface area contributed by atoms with Gasteiger partial charge in [0.2, 0.25) is 0 Å². The number of benzene rings is 3. The zero-order valence-electron chi connectivity index (χ0n) is 18.6. The molecule has 0 saturated carbocycles. The number of amides is 1. The molecule has 0 aliphatic heterocycles. The second kappa shape index (κ2) is 10.6. The zero-order valence-corrected chi connectivity index (χ0v) is 19.4. The third-order valence-corrected chi connectivity index (χ3v) is 6.60. The Bertz CT molecular complexity index is 1230. The summed E-state index contributed by atoms with van der Waals surface area (Å²) >= 11 is 0. The molecule has 0 atom stereocenters. The SMILES string of the molecule is COc1ccc(S(=O)(=O)N(CC(=O)N/N=C(/C)c2ccccc2)c2ccccc2OC)cc1. The average molecular weight is 468 g/mol. The van der Waals surface area contributed by atoms with Crippen molar-refractivity contribution in [2.45, 2.75) is 11.8 Å². The minimum atomic E-state index is -4.11. The third-order valence-electron chi connectivity index (χ3n) is 4.83. The Morgan fingerprint density at radius 2 is 1.55 bits per heavy atom. The van der Waals surface area contributed by atoms with Gasteiger partial charge in [0.15, 0.2) is 0 Å². The number of nitrogens with one attached hydrogen (secondary N) is 1. The minimum absolute atomic E-state index is 0.00553. The molecule has 8 nitrogen and oxygen atoms in total. The molecule has 0 saturated heterocycles. The number of carbonyl (C=O) groups excluding carboxylic acids is 1. The van der Waals surface area contributed by atoms with E-state index in [0.717, 1.165) is 9.87 Å². The van der Waals surface area contributed by atoms with Gasteiger partial charge in [0.25, 0.3) is 15.9 Å². The van der Waals surface area contributed by atoms with Gasteiger partial charge in [-0.25, -0.2) is 13.8 Å². The maximum atomic E-state index is 13.5. The summed E-state index contributed by atoms with van der Waals surface area (Å²) in [6, 6.07) is 21.8. The fourth-order valence-electron chi connectivity index (χ4n) is 3.07. The van der Waals surface area contributed by atoms with Gasteiger partial charge >= 0.3 is 0 Å². The fourth-order valence-corrected chi connectivity index (χ4v) is 4.50. The summed E-state index contributed by atoms with van der Waals surface area (Å²) in [7, 11) is -1.18. The van der Waals surface area contributed by atoms with Crippen LogP contribution in [0.5, 0.6) is 11.5 Å². The number of hydrogen-bond acceptors (Lipinski definition) is 6. The van der Waals surface area contributed by atoms with E-state index in [2.05, 4.69) is 10.5 Å². The fraction of sp³-hybridized carbons (Fsp3) is 0.167. The predicted molar refractivity (Wildman–Crippen MR) is 127 cm³/mol. The molecule has 3 aromatic carbocycles. The van der Waals surface area contributed by atoms with E-state index in [1.165, 1.54) is 26.4 Å². The number of rotatable bonds is 9. The van der Waals surface area contributed by atoms with Gasteiger partial charge in [-0.2, -0.15) is 5.10 Å². The van der Waals surface area contributed by atoms with Crippen LogP contribution in [0.4, 0.5) is 5.69 Å². The zero-order chi connectivity index (χ0) is 23.8. The average Bonchev–Trinajstić information content (AvgIpc) is 2.86. The van der Waals surface area contributed by atoms with E-state index in [0.29, 0.717) is 17.2 Å². The number of nitrogens with zero attached hydrogens (tertiary/aromatic N) is 2. The highest BCUT2D eigenvalue weighted by molar-refractivity contribution is 7.92. The topological polar surface area (TPSA) is 97.3 Å². The van der Waals surface area contributed by atoms with Crippen LogP contribution >= 0.6 is 0 Å². The Morgan fingerprint density at radius 3 is 2.18 bits per heavy atom. The van der Waals surface area contributed by atoms with Crippen LogP contribution in [-0.4, -0.2) is 40.8 Å². The lowest BCUT2D eigenvalue weighted by Crippen LogP contribution is -2.40. The first-order valence-corrected chi connectivity index (χ1v) is 11.5. The molecule has 0 unspecified atom stereocenters. The Kier molecular flexibility index (Phi) is 7.68. The van der Waals surface area contributed by atoms with E-state index in [1.54, 1.807) is 43.3 Å². The highest BCUT2D eigenvalue weighted by Gasteiger charge is 2.29. The molecular formula is C24H25N3O5S. The lowest BCUT2D eigenvalue weighted by atomic mass is 10.1. The van der Waals surface area contributed by atoms with Crippen LogP contribution in [0.1, 0.15) is 12.5 Å². The van der Waals surface area contributed by atoms with Crippen LogP contribution in [0.3, 0.4) is 0 Å². The molecule has 0 spiro atoms. The standard InChI is InChI=1S/C24H25N3O5S/c1-18(19-9-5-4-6-10-19)25-26-24(28)17-27(22-11-7-8-12-23(22)32-3)33(29,30)21-15-13-20(31-2)14-16-21/h4-16H,17H2,1-3H3,(H,26,28)/b25-18-. The van der Waals surface area contributed by atoms with E-state index in [-0.39, 0.29) is 10.6 Å². The van der Waals surface area contributed by atoms with Crippen molar-refractivity contribution >= 4 is 27.3 Å². The number of sulfonamides is 1. The van der Waals surface area contributed by atoms with E-state index < -0.39 is 22.5 Å². The van der Waals surface area contributed by atoms with Gasteiger partial charge in [0.1, 0.15) is 18.0 Å². The number of para-hydroxylation sites is 2. The molecule has 3 aromatic rings. The molecule has 0 fully saturated rings. The second-order valence-corrected chi connectivity index (χ2v) is 8.82. The Morgan fingerprint density at radius 1 is 0.909 bits per heavy atom. The normalized spacial score (nSPS) is 11.5. The minimum Gasteiger partial charge on any atom is -0.497 e. The number of hydrazone groups is 1. The maximum Gasteiger partial charge on any atom is 0.264 e. The van der Waals surface area contributed by atoms with Crippen molar-refractivity contribution < 1.29 is 22.7 Å². The number of methoxy groups -OCH3 is 2. The largest absolute Gasteiger partial charge is 0.497 e. The van der Waals surface area contributed by atoms with Crippen LogP contribution in [0.15, 0.2) is 88.9 Å². The second-order valence-electron chi connectivity index (χ2n) is 6.96. The molecule has 172 valence electrons. The molecule has 0 heterocycles. The highest BCUT2D eigenvalue weighted by atomic mass is 32.2. The van der Waals surface area contributed by atoms with Gasteiger partial charge in [-0.1, -0.05) is 42.5 Å². The summed E-state index contributed by atoms with van der Waals surface area (Å²) in [6.07, 6.45) is 0. The number of ether oxygens (including phenoxy) is 2. The van der Waals surface area contributed by atoms with E-state index in [4.69, 9.17) is 9.47 Å². The summed E-state index contributed by atoms with van der Waals surface area (Å²) in [4.78, 5) is 12.8. The lowest BCUT2D eigenvalue weighted by Gasteiger charge is -2.25. The van der Waals surface area contributed by atoms with Crippen LogP contribution in [0.2, 0.25) is 0 Å². The molecule has 1 N–H and O–H groups in total. The quantitative estimate of drug-likeness (QED) is 0.384. The highest BCUT2D eigenvalue weighted by Crippen LogP contribution is 2.32. The van der Waals surface area contributed by atoms with Crippen LogP contribution in [0, 0.1) is 0 Å². The summed E-state index contributed by atoms with van der Waals surface area (Å²) in [5.74, 6) is 0.223. The molecule has 1 amide bonds. The first-order chi connectivity index (χ1) is 15.9. The van der Waals surface area contributed by atoms with Gasteiger partial charge in [-0.3, -0.25) is 9.10 Å². The summed E-state index contributed by atoms with van der Waals surface area (Å²) in [5, 5.41) is 4.11. The van der Waals surface area contributed by atoms with Crippen molar-refractivity contribution in [2.75, 3.05) is 25.1 Å². The summed E-state index contributed by atoms with van der Waals surface area (Å²) in [6.45, 7) is 1.25.